The average Bonchev–Trinajstić information content (AvgIpc) is 2.86. The Morgan fingerprint density at radius 2 is 1.76 bits per heavy atom. The fourth-order valence-electron chi connectivity index (χ4n) is 3.67. The maximum atomic E-state index is 12.4. The molecule has 2 aliphatic rings. The smallest absolute Gasteiger partial charge is 0.153 e. The van der Waals surface area contributed by atoms with Gasteiger partial charge in [0.25, 0.3) is 0 Å². The van der Waals surface area contributed by atoms with Crippen molar-refractivity contribution < 1.29 is 8.42 Å². The second-order valence-corrected chi connectivity index (χ2v) is 8.11. The van der Waals surface area contributed by atoms with Crippen LogP contribution in [-0.4, -0.2) is 32.5 Å². The number of rotatable bonds is 4. The summed E-state index contributed by atoms with van der Waals surface area (Å²) >= 11 is 0. The van der Waals surface area contributed by atoms with Crippen molar-refractivity contribution >= 4 is 9.84 Å². The van der Waals surface area contributed by atoms with Crippen molar-refractivity contribution in [3.8, 4) is 0 Å². The molecule has 2 saturated carbocycles. The van der Waals surface area contributed by atoms with Gasteiger partial charge in [-0.1, -0.05) is 19.8 Å². The summed E-state index contributed by atoms with van der Waals surface area (Å²) in [5.41, 5.74) is 0. The summed E-state index contributed by atoms with van der Waals surface area (Å²) < 4.78 is 24.9. The fourth-order valence-corrected chi connectivity index (χ4v) is 6.25. The zero-order valence-corrected chi connectivity index (χ0v) is 11.8. The molecule has 0 spiro atoms. The lowest BCUT2D eigenvalue weighted by atomic mass is 10.1. The van der Waals surface area contributed by atoms with Crippen LogP contribution < -0.4 is 5.32 Å². The lowest BCUT2D eigenvalue weighted by Gasteiger charge is -2.22. The van der Waals surface area contributed by atoms with Crippen molar-refractivity contribution in [2.45, 2.75) is 56.7 Å². The van der Waals surface area contributed by atoms with E-state index in [2.05, 4.69) is 12.2 Å². The molecule has 2 rings (SSSR count). The Morgan fingerprint density at radius 3 is 2.29 bits per heavy atom. The molecular formula is C13H25NO2S. The third kappa shape index (κ3) is 2.84. The summed E-state index contributed by atoms with van der Waals surface area (Å²) in [6.07, 6.45) is 6.54. The van der Waals surface area contributed by atoms with E-state index >= 15 is 0 Å². The Kier molecular flexibility index (Phi) is 4.14. The van der Waals surface area contributed by atoms with Gasteiger partial charge in [-0.05, 0) is 44.6 Å². The van der Waals surface area contributed by atoms with Gasteiger partial charge in [-0.2, -0.15) is 0 Å². The Labute approximate surface area is 105 Å². The summed E-state index contributed by atoms with van der Waals surface area (Å²) in [7, 11) is -0.938. The molecule has 0 aromatic carbocycles. The van der Waals surface area contributed by atoms with Gasteiger partial charge in [0.15, 0.2) is 9.84 Å². The van der Waals surface area contributed by atoms with Crippen LogP contribution in [0.15, 0.2) is 0 Å². The highest BCUT2D eigenvalue weighted by Crippen LogP contribution is 2.34. The molecule has 3 nitrogen and oxygen atoms in total. The molecule has 3 atom stereocenters. The van der Waals surface area contributed by atoms with Crippen LogP contribution >= 0.6 is 0 Å². The van der Waals surface area contributed by atoms with Crippen LogP contribution in [0.1, 0.15) is 45.4 Å². The standard InChI is InChI=1S/C13H25NO2S/c1-10-12(14-2)7-8-13(10)17(15,16)9-11-5-3-4-6-11/h10-14H,3-9H2,1-2H3. The van der Waals surface area contributed by atoms with Crippen molar-refractivity contribution in [1.82, 2.24) is 5.32 Å². The average molecular weight is 259 g/mol. The van der Waals surface area contributed by atoms with Crippen LogP contribution in [0.25, 0.3) is 0 Å². The molecule has 3 unspecified atom stereocenters. The molecule has 17 heavy (non-hydrogen) atoms. The molecule has 0 amide bonds. The molecule has 0 bridgehead atoms. The third-order valence-corrected chi connectivity index (χ3v) is 7.28. The van der Waals surface area contributed by atoms with Gasteiger partial charge in [-0.25, -0.2) is 8.42 Å². The van der Waals surface area contributed by atoms with E-state index in [0.29, 0.717) is 17.7 Å². The van der Waals surface area contributed by atoms with Crippen molar-refractivity contribution in [2.75, 3.05) is 12.8 Å². The van der Waals surface area contributed by atoms with Gasteiger partial charge in [0.2, 0.25) is 0 Å². The van der Waals surface area contributed by atoms with E-state index in [9.17, 15) is 8.42 Å². The second kappa shape index (κ2) is 5.27. The molecule has 0 heterocycles. The van der Waals surface area contributed by atoms with Crippen LogP contribution in [0.3, 0.4) is 0 Å². The summed E-state index contributed by atoms with van der Waals surface area (Å²) in [5, 5.41) is 3.15. The highest BCUT2D eigenvalue weighted by molar-refractivity contribution is 7.92. The van der Waals surface area contributed by atoms with E-state index in [1.807, 2.05) is 7.05 Å². The molecule has 0 saturated heterocycles. The Balaban J connectivity index is 2.00. The maximum absolute atomic E-state index is 12.4. The van der Waals surface area contributed by atoms with Crippen molar-refractivity contribution in [1.29, 1.82) is 0 Å². The van der Waals surface area contributed by atoms with Crippen LogP contribution in [0.2, 0.25) is 0 Å². The van der Waals surface area contributed by atoms with E-state index in [1.54, 1.807) is 0 Å². The van der Waals surface area contributed by atoms with Crippen molar-refractivity contribution in [2.24, 2.45) is 11.8 Å². The summed E-state index contributed by atoms with van der Waals surface area (Å²) in [4.78, 5) is 0. The van der Waals surface area contributed by atoms with Gasteiger partial charge in [-0.3, -0.25) is 0 Å². The minimum atomic E-state index is -2.88. The molecule has 0 aromatic heterocycles. The highest BCUT2D eigenvalue weighted by atomic mass is 32.2. The molecule has 2 fully saturated rings. The summed E-state index contributed by atoms with van der Waals surface area (Å²) in [5.74, 6) is 1.16. The third-order valence-electron chi connectivity index (χ3n) is 4.76. The van der Waals surface area contributed by atoms with Gasteiger partial charge in [-0.15, -0.1) is 0 Å². The molecule has 0 aliphatic heterocycles. The normalized spacial score (nSPS) is 35.5. The number of sulfone groups is 1. The van der Waals surface area contributed by atoms with Crippen LogP contribution in [0, 0.1) is 11.8 Å². The van der Waals surface area contributed by atoms with Gasteiger partial charge < -0.3 is 5.32 Å². The van der Waals surface area contributed by atoms with Crippen molar-refractivity contribution in [3.05, 3.63) is 0 Å². The Morgan fingerprint density at radius 1 is 1.12 bits per heavy atom. The van der Waals surface area contributed by atoms with E-state index < -0.39 is 9.84 Å². The molecular weight excluding hydrogens is 234 g/mol. The molecule has 4 heteroatoms. The minimum absolute atomic E-state index is 0.0967. The maximum Gasteiger partial charge on any atom is 0.153 e. The fraction of sp³-hybridized carbons (Fsp3) is 1.00. The van der Waals surface area contributed by atoms with E-state index in [1.165, 1.54) is 12.8 Å². The second-order valence-electron chi connectivity index (χ2n) is 5.85. The monoisotopic (exact) mass is 259 g/mol. The lowest BCUT2D eigenvalue weighted by Crippen LogP contribution is -2.36. The predicted molar refractivity (Wildman–Crippen MR) is 70.8 cm³/mol. The summed E-state index contributed by atoms with van der Waals surface area (Å²) in [6, 6.07) is 0.387. The highest BCUT2D eigenvalue weighted by Gasteiger charge is 2.41. The topological polar surface area (TPSA) is 46.2 Å². The van der Waals surface area contributed by atoms with Crippen LogP contribution in [0.4, 0.5) is 0 Å². The van der Waals surface area contributed by atoms with Gasteiger partial charge in [0, 0.05) is 6.04 Å². The van der Waals surface area contributed by atoms with E-state index in [0.717, 1.165) is 25.7 Å². The zero-order chi connectivity index (χ0) is 12.5. The largest absolute Gasteiger partial charge is 0.317 e. The Bertz CT molecular complexity index is 346. The first kappa shape index (κ1) is 13.3. The van der Waals surface area contributed by atoms with Crippen molar-refractivity contribution in [3.63, 3.8) is 0 Å². The number of hydrogen-bond acceptors (Lipinski definition) is 3. The number of hydrogen-bond donors (Lipinski definition) is 1. The quantitative estimate of drug-likeness (QED) is 0.839. The predicted octanol–water partition coefficient (Wildman–Crippen LogP) is 1.98. The van der Waals surface area contributed by atoms with E-state index in [4.69, 9.17) is 0 Å². The Hall–Kier alpha value is -0.0900. The molecule has 0 radical (unpaired) electrons. The lowest BCUT2D eigenvalue weighted by molar-refractivity contribution is 0.450. The SMILES string of the molecule is CNC1CCC(S(=O)(=O)CC2CCCC2)C1C. The van der Waals surface area contributed by atoms with Gasteiger partial charge >= 0.3 is 0 Å². The summed E-state index contributed by atoms with van der Waals surface area (Å²) in [6.45, 7) is 2.09. The van der Waals surface area contributed by atoms with Gasteiger partial charge in [0.1, 0.15) is 0 Å². The molecule has 2 aliphatic carbocycles. The first-order valence-electron chi connectivity index (χ1n) is 6.93. The molecule has 0 aromatic rings. The first-order valence-corrected chi connectivity index (χ1v) is 8.65. The van der Waals surface area contributed by atoms with E-state index in [-0.39, 0.29) is 11.2 Å². The first-order chi connectivity index (χ1) is 8.04. The molecule has 100 valence electrons. The minimum Gasteiger partial charge on any atom is -0.317 e. The van der Waals surface area contributed by atoms with Crippen LogP contribution in [-0.2, 0) is 9.84 Å². The molecule has 1 N–H and O–H groups in total. The van der Waals surface area contributed by atoms with Crippen LogP contribution in [0.5, 0.6) is 0 Å². The van der Waals surface area contributed by atoms with Gasteiger partial charge in [0.05, 0.1) is 11.0 Å². The zero-order valence-electron chi connectivity index (χ0n) is 11.0. The number of nitrogens with one attached hydrogen (secondary N) is 1.